The second-order valence-corrected chi connectivity index (χ2v) is 4.19. The SMILES string of the molecule is CCCC(C)C(O)CCc1ccccn1. The number of hydrogen-bond donors (Lipinski definition) is 1. The largest absolute Gasteiger partial charge is 0.393 e. The van der Waals surface area contributed by atoms with E-state index in [1.165, 1.54) is 0 Å². The number of rotatable bonds is 6. The van der Waals surface area contributed by atoms with Crippen LogP contribution in [0.15, 0.2) is 24.4 Å². The first-order valence-electron chi connectivity index (χ1n) is 5.82. The summed E-state index contributed by atoms with van der Waals surface area (Å²) < 4.78 is 0. The van der Waals surface area contributed by atoms with Gasteiger partial charge in [-0.3, -0.25) is 4.98 Å². The Kier molecular flexibility index (Phi) is 5.33. The third kappa shape index (κ3) is 4.43. The maximum absolute atomic E-state index is 9.88. The van der Waals surface area contributed by atoms with E-state index in [-0.39, 0.29) is 6.10 Å². The molecule has 1 N–H and O–H groups in total. The van der Waals surface area contributed by atoms with Gasteiger partial charge in [-0.2, -0.15) is 0 Å². The van der Waals surface area contributed by atoms with Gasteiger partial charge in [-0.05, 0) is 37.3 Å². The number of nitrogens with zero attached hydrogens (tertiary/aromatic N) is 1. The minimum atomic E-state index is -0.188. The first kappa shape index (κ1) is 12.2. The van der Waals surface area contributed by atoms with Crippen molar-refractivity contribution in [2.75, 3.05) is 0 Å². The molecule has 15 heavy (non-hydrogen) atoms. The topological polar surface area (TPSA) is 33.1 Å². The highest BCUT2D eigenvalue weighted by Gasteiger charge is 2.12. The van der Waals surface area contributed by atoms with E-state index >= 15 is 0 Å². The van der Waals surface area contributed by atoms with Gasteiger partial charge in [0.1, 0.15) is 0 Å². The summed E-state index contributed by atoms with van der Waals surface area (Å²) in [5.41, 5.74) is 1.07. The standard InChI is InChI=1S/C13H21NO/c1-3-6-11(2)13(15)9-8-12-7-4-5-10-14-12/h4-5,7,10-11,13,15H,3,6,8-9H2,1-2H3. The molecule has 0 saturated heterocycles. The Labute approximate surface area is 92.4 Å². The fraction of sp³-hybridized carbons (Fsp3) is 0.615. The number of aliphatic hydroxyl groups excluding tert-OH is 1. The molecule has 2 heteroatoms. The Hall–Kier alpha value is -0.890. The van der Waals surface area contributed by atoms with E-state index in [1.54, 1.807) is 6.20 Å². The lowest BCUT2D eigenvalue weighted by molar-refractivity contribution is 0.103. The monoisotopic (exact) mass is 207 g/mol. The van der Waals surface area contributed by atoms with Crippen molar-refractivity contribution in [3.63, 3.8) is 0 Å². The number of aromatic nitrogens is 1. The minimum absolute atomic E-state index is 0.188. The molecule has 1 heterocycles. The van der Waals surface area contributed by atoms with Gasteiger partial charge in [-0.15, -0.1) is 0 Å². The van der Waals surface area contributed by atoms with Crippen molar-refractivity contribution in [3.8, 4) is 0 Å². The lowest BCUT2D eigenvalue weighted by atomic mass is 9.95. The van der Waals surface area contributed by atoms with Crippen LogP contribution in [-0.4, -0.2) is 16.2 Å². The minimum Gasteiger partial charge on any atom is -0.393 e. The van der Waals surface area contributed by atoms with Gasteiger partial charge in [0.15, 0.2) is 0 Å². The van der Waals surface area contributed by atoms with Crippen molar-refractivity contribution in [3.05, 3.63) is 30.1 Å². The van der Waals surface area contributed by atoms with Crippen LogP contribution in [-0.2, 0) is 6.42 Å². The smallest absolute Gasteiger partial charge is 0.0569 e. The summed E-state index contributed by atoms with van der Waals surface area (Å²) in [6, 6.07) is 5.92. The predicted molar refractivity (Wildman–Crippen MR) is 62.6 cm³/mol. The molecule has 1 rings (SSSR count). The molecule has 2 unspecified atom stereocenters. The molecule has 1 aromatic rings. The summed E-state index contributed by atoms with van der Waals surface area (Å²) in [4.78, 5) is 4.24. The van der Waals surface area contributed by atoms with E-state index in [9.17, 15) is 5.11 Å². The summed E-state index contributed by atoms with van der Waals surface area (Å²) in [7, 11) is 0. The van der Waals surface area contributed by atoms with Gasteiger partial charge in [0.25, 0.3) is 0 Å². The lowest BCUT2D eigenvalue weighted by Gasteiger charge is -2.17. The average Bonchev–Trinajstić information content (AvgIpc) is 2.27. The van der Waals surface area contributed by atoms with Gasteiger partial charge in [-0.25, -0.2) is 0 Å². The summed E-state index contributed by atoms with van der Waals surface area (Å²) in [5, 5.41) is 9.88. The van der Waals surface area contributed by atoms with Crippen LogP contribution >= 0.6 is 0 Å². The van der Waals surface area contributed by atoms with Crippen LogP contribution in [0.3, 0.4) is 0 Å². The third-order valence-corrected chi connectivity index (χ3v) is 2.82. The Morgan fingerprint density at radius 3 is 2.73 bits per heavy atom. The fourth-order valence-corrected chi connectivity index (χ4v) is 1.77. The zero-order valence-corrected chi connectivity index (χ0v) is 9.69. The summed E-state index contributed by atoms with van der Waals surface area (Å²) >= 11 is 0. The molecular weight excluding hydrogens is 186 g/mol. The number of hydrogen-bond acceptors (Lipinski definition) is 2. The van der Waals surface area contributed by atoms with Crippen molar-refractivity contribution in [1.29, 1.82) is 0 Å². The first-order chi connectivity index (χ1) is 7.24. The van der Waals surface area contributed by atoms with Gasteiger partial charge in [-0.1, -0.05) is 26.3 Å². The summed E-state index contributed by atoms with van der Waals surface area (Å²) in [6.07, 6.45) is 5.54. The van der Waals surface area contributed by atoms with Crippen LogP contribution in [0.25, 0.3) is 0 Å². The van der Waals surface area contributed by atoms with Crippen LogP contribution in [0, 0.1) is 5.92 Å². The summed E-state index contributed by atoms with van der Waals surface area (Å²) in [5.74, 6) is 0.402. The number of pyridine rings is 1. The maximum Gasteiger partial charge on any atom is 0.0569 e. The van der Waals surface area contributed by atoms with Gasteiger partial charge >= 0.3 is 0 Å². The van der Waals surface area contributed by atoms with E-state index < -0.39 is 0 Å². The van der Waals surface area contributed by atoms with Crippen LogP contribution in [0.1, 0.15) is 38.8 Å². The second-order valence-electron chi connectivity index (χ2n) is 4.19. The molecule has 0 fully saturated rings. The number of aliphatic hydroxyl groups is 1. The Balaban J connectivity index is 2.31. The van der Waals surface area contributed by atoms with E-state index in [0.717, 1.165) is 31.4 Å². The zero-order chi connectivity index (χ0) is 11.1. The average molecular weight is 207 g/mol. The second kappa shape index (κ2) is 6.57. The molecule has 0 amide bonds. The van der Waals surface area contributed by atoms with Gasteiger partial charge in [0, 0.05) is 11.9 Å². The Morgan fingerprint density at radius 2 is 2.13 bits per heavy atom. The summed E-state index contributed by atoms with van der Waals surface area (Å²) in [6.45, 7) is 4.27. The van der Waals surface area contributed by atoms with Gasteiger partial charge in [0.2, 0.25) is 0 Å². The van der Waals surface area contributed by atoms with Crippen molar-refractivity contribution in [2.24, 2.45) is 5.92 Å². The molecule has 0 aromatic carbocycles. The van der Waals surface area contributed by atoms with Gasteiger partial charge < -0.3 is 5.11 Å². The van der Waals surface area contributed by atoms with Crippen LogP contribution in [0.4, 0.5) is 0 Å². The molecule has 1 aromatic heterocycles. The molecule has 2 nitrogen and oxygen atoms in total. The molecule has 0 radical (unpaired) electrons. The first-order valence-corrected chi connectivity index (χ1v) is 5.82. The molecule has 0 aliphatic rings. The van der Waals surface area contributed by atoms with E-state index in [4.69, 9.17) is 0 Å². The van der Waals surface area contributed by atoms with Crippen LogP contribution in [0.2, 0.25) is 0 Å². The highest BCUT2D eigenvalue weighted by Crippen LogP contribution is 2.15. The molecule has 2 atom stereocenters. The molecule has 0 aliphatic heterocycles. The highest BCUT2D eigenvalue weighted by molar-refractivity contribution is 5.03. The molecular formula is C13H21NO. The Bertz CT molecular complexity index is 260. The normalized spacial score (nSPS) is 14.9. The third-order valence-electron chi connectivity index (χ3n) is 2.82. The van der Waals surface area contributed by atoms with E-state index in [0.29, 0.717) is 5.92 Å². The molecule has 0 aliphatic carbocycles. The fourth-order valence-electron chi connectivity index (χ4n) is 1.77. The van der Waals surface area contributed by atoms with Crippen LogP contribution in [0.5, 0.6) is 0 Å². The number of aryl methyl sites for hydroxylation is 1. The molecule has 84 valence electrons. The lowest BCUT2D eigenvalue weighted by Crippen LogP contribution is -2.18. The molecule has 0 spiro atoms. The molecule has 0 bridgehead atoms. The van der Waals surface area contributed by atoms with Gasteiger partial charge in [0.05, 0.1) is 6.10 Å². The highest BCUT2D eigenvalue weighted by atomic mass is 16.3. The van der Waals surface area contributed by atoms with E-state index in [1.807, 2.05) is 18.2 Å². The molecule has 0 saturated carbocycles. The quantitative estimate of drug-likeness (QED) is 0.778. The predicted octanol–water partition coefficient (Wildman–Crippen LogP) is 2.81. The van der Waals surface area contributed by atoms with Crippen molar-refractivity contribution < 1.29 is 5.11 Å². The maximum atomic E-state index is 9.88. The van der Waals surface area contributed by atoms with Crippen molar-refractivity contribution in [1.82, 2.24) is 4.98 Å². The van der Waals surface area contributed by atoms with Crippen molar-refractivity contribution >= 4 is 0 Å². The van der Waals surface area contributed by atoms with E-state index in [2.05, 4.69) is 18.8 Å². The zero-order valence-electron chi connectivity index (χ0n) is 9.69. The van der Waals surface area contributed by atoms with Crippen molar-refractivity contribution in [2.45, 2.75) is 45.6 Å². The van der Waals surface area contributed by atoms with Crippen LogP contribution < -0.4 is 0 Å². The Morgan fingerprint density at radius 1 is 1.33 bits per heavy atom.